The third kappa shape index (κ3) is 5.54. The summed E-state index contributed by atoms with van der Waals surface area (Å²) in [6, 6.07) is 18.2. The van der Waals surface area contributed by atoms with E-state index in [1.807, 2.05) is 41.3 Å². The van der Waals surface area contributed by atoms with Crippen LogP contribution < -0.4 is 10.1 Å². The van der Waals surface area contributed by atoms with E-state index < -0.39 is 0 Å². The average molecular weight is 558 g/mol. The highest BCUT2D eigenvalue weighted by molar-refractivity contribution is 5.91. The minimum Gasteiger partial charge on any atom is -0.467 e. The van der Waals surface area contributed by atoms with Crippen molar-refractivity contribution in [2.45, 2.75) is 33.2 Å². The molecule has 9 nitrogen and oxygen atoms in total. The Bertz CT molecular complexity index is 1740. The van der Waals surface area contributed by atoms with Gasteiger partial charge in [-0.25, -0.2) is 24.7 Å². The number of ether oxygens (including phenoxy) is 1. The second-order valence-corrected chi connectivity index (χ2v) is 10.2. The Morgan fingerprint density at radius 3 is 2.55 bits per heavy atom. The van der Waals surface area contributed by atoms with Crippen molar-refractivity contribution in [2.75, 3.05) is 19.0 Å². The molecule has 0 spiro atoms. The number of nitrogens with one attached hydrogen (secondary N) is 1. The average Bonchev–Trinajstić information content (AvgIpc) is 3.04. The van der Waals surface area contributed by atoms with Gasteiger partial charge in [0.05, 0.1) is 25.0 Å². The lowest BCUT2D eigenvalue weighted by Crippen LogP contribution is -2.39. The molecule has 0 saturated heterocycles. The first kappa shape index (κ1) is 27.0. The number of pyridine rings is 1. The summed E-state index contributed by atoms with van der Waals surface area (Å²) in [4.78, 5) is 38.1. The lowest BCUT2D eigenvalue weighted by molar-refractivity contribution is 0.206. The van der Waals surface area contributed by atoms with Crippen molar-refractivity contribution in [3.8, 4) is 39.8 Å². The van der Waals surface area contributed by atoms with Gasteiger partial charge in [0.15, 0.2) is 5.82 Å². The minimum atomic E-state index is -0.169. The first-order valence-corrected chi connectivity index (χ1v) is 13.9. The number of carbonyl (C=O) groups excluding carboxylic acids is 1. The maximum atomic E-state index is 13.6. The zero-order chi connectivity index (χ0) is 29.1. The topological polar surface area (TPSA) is 106 Å². The van der Waals surface area contributed by atoms with Gasteiger partial charge in [0.25, 0.3) is 0 Å². The molecule has 2 amide bonds. The van der Waals surface area contributed by atoms with Crippen molar-refractivity contribution < 1.29 is 9.53 Å². The Labute approximate surface area is 244 Å². The number of benzene rings is 2. The quantitative estimate of drug-likeness (QED) is 0.268. The molecule has 4 heterocycles. The highest BCUT2D eigenvalue weighted by Gasteiger charge is 2.27. The van der Waals surface area contributed by atoms with E-state index in [1.165, 1.54) is 7.11 Å². The van der Waals surface area contributed by atoms with Crippen LogP contribution in [0.15, 0.2) is 79.4 Å². The number of aryl methyl sites for hydroxylation is 2. The molecule has 9 heteroatoms. The largest absolute Gasteiger partial charge is 0.467 e. The van der Waals surface area contributed by atoms with Crippen LogP contribution in [0.4, 0.5) is 10.5 Å². The molecular weight excluding hydrogens is 526 g/mol. The monoisotopic (exact) mass is 557 g/mol. The Hall–Kier alpha value is -5.18. The fourth-order valence-electron chi connectivity index (χ4n) is 5.18. The molecule has 1 N–H and O–H groups in total. The summed E-state index contributed by atoms with van der Waals surface area (Å²) >= 11 is 0. The number of hydrogen-bond donors (Lipinski definition) is 1. The van der Waals surface area contributed by atoms with Crippen LogP contribution >= 0.6 is 0 Å². The van der Waals surface area contributed by atoms with E-state index in [9.17, 15) is 4.79 Å². The minimum absolute atomic E-state index is 0.169. The predicted molar refractivity (Wildman–Crippen MR) is 162 cm³/mol. The van der Waals surface area contributed by atoms with Gasteiger partial charge in [0.2, 0.25) is 0 Å². The van der Waals surface area contributed by atoms with Crippen LogP contribution in [0.25, 0.3) is 33.8 Å². The second-order valence-electron chi connectivity index (χ2n) is 10.2. The van der Waals surface area contributed by atoms with Gasteiger partial charge in [-0.15, -0.1) is 0 Å². The molecule has 0 atom stereocenters. The standard InChI is InChI=1S/C33H31N7O2/c1-4-22-14-24(25-18-35-32(42-3)36-19-25)16-26(15-22)37-33(41)40-13-11-29-28(20-40)30(27-10-6-5-8-21(27)2)39-31(38-29)23-9-7-12-34-17-23/h5-10,12,14-19H,4,11,13,20H2,1-3H3,(H,37,41). The number of aromatic nitrogens is 5. The number of urea groups is 1. The van der Waals surface area contributed by atoms with Crippen molar-refractivity contribution in [1.29, 1.82) is 0 Å². The van der Waals surface area contributed by atoms with E-state index in [1.54, 1.807) is 24.8 Å². The summed E-state index contributed by atoms with van der Waals surface area (Å²) in [7, 11) is 1.54. The fourth-order valence-corrected chi connectivity index (χ4v) is 5.18. The maximum Gasteiger partial charge on any atom is 0.322 e. The van der Waals surface area contributed by atoms with Gasteiger partial charge in [0.1, 0.15) is 0 Å². The first-order chi connectivity index (χ1) is 20.5. The lowest BCUT2D eigenvalue weighted by atomic mass is 9.96. The molecule has 0 saturated carbocycles. The third-order valence-corrected chi connectivity index (χ3v) is 7.46. The van der Waals surface area contributed by atoms with E-state index in [2.05, 4.69) is 52.3 Å². The first-order valence-electron chi connectivity index (χ1n) is 13.9. The van der Waals surface area contributed by atoms with Crippen molar-refractivity contribution in [1.82, 2.24) is 29.8 Å². The van der Waals surface area contributed by atoms with Crippen LogP contribution in [0.2, 0.25) is 0 Å². The number of anilines is 1. The van der Waals surface area contributed by atoms with Crippen LogP contribution in [-0.2, 0) is 19.4 Å². The van der Waals surface area contributed by atoms with E-state index >= 15 is 0 Å². The van der Waals surface area contributed by atoms with E-state index in [0.29, 0.717) is 31.3 Å². The van der Waals surface area contributed by atoms with Gasteiger partial charge in [-0.05, 0) is 54.3 Å². The Balaban J connectivity index is 1.31. The number of nitrogens with zero attached hydrogens (tertiary/aromatic N) is 6. The van der Waals surface area contributed by atoms with Crippen LogP contribution in [-0.4, -0.2) is 49.5 Å². The summed E-state index contributed by atoms with van der Waals surface area (Å²) in [6.45, 7) is 5.11. The van der Waals surface area contributed by atoms with E-state index in [-0.39, 0.29) is 6.03 Å². The fraction of sp³-hybridized carbons (Fsp3) is 0.212. The summed E-state index contributed by atoms with van der Waals surface area (Å²) in [5.74, 6) is 0.643. The van der Waals surface area contributed by atoms with Crippen molar-refractivity contribution >= 4 is 11.7 Å². The number of amides is 2. The van der Waals surface area contributed by atoms with Crippen LogP contribution in [0, 0.1) is 6.92 Å². The van der Waals surface area contributed by atoms with Gasteiger partial charge >= 0.3 is 12.0 Å². The molecule has 5 aromatic rings. The summed E-state index contributed by atoms with van der Waals surface area (Å²) < 4.78 is 5.09. The van der Waals surface area contributed by atoms with Crippen molar-refractivity contribution in [3.63, 3.8) is 0 Å². The number of methoxy groups -OCH3 is 1. The van der Waals surface area contributed by atoms with Gasteiger partial charge in [-0.2, -0.15) is 0 Å². The highest BCUT2D eigenvalue weighted by atomic mass is 16.5. The van der Waals surface area contributed by atoms with Gasteiger partial charge < -0.3 is 15.0 Å². The van der Waals surface area contributed by atoms with Gasteiger partial charge in [0, 0.05) is 65.7 Å². The number of rotatable bonds is 6. The van der Waals surface area contributed by atoms with Crippen LogP contribution in [0.5, 0.6) is 6.01 Å². The normalized spacial score (nSPS) is 12.5. The molecule has 0 aliphatic carbocycles. The Morgan fingerprint density at radius 2 is 1.81 bits per heavy atom. The number of fused-ring (bicyclic) bond motifs is 1. The number of hydrogen-bond acceptors (Lipinski definition) is 7. The van der Waals surface area contributed by atoms with Crippen molar-refractivity contribution in [2.24, 2.45) is 0 Å². The zero-order valence-corrected chi connectivity index (χ0v) is 23.8. The molecule has 42 heavy (non-hydrogen) atoms. The zero-order valence-electron chi connectivity index (χ0n) is 23.8. The molecule has 0 unspecified atom stereocenters. The summed E-state index contributed by atoms with van der Waals surface area (Å²) in [5.41, 5.74) is 9.38. The molecule has 0 bridgehead atoms. The number of carbonyl (C=O) groups is 1. The van der Waals surface area contributed by atoms with Crippen molar-refractivity contribution in [3.05, 3.63) is 102 Å². The second kappa shape index (κ2) is 11.7. The van der Waals surface area contributed by atoms with Gasteiger partial charge in [-0.3, -0.25) is 4.98 Å². The third-order valence-electron chi connectivity index (χ3n) is 7.46. The summed E-state index contributed by atoms with van der Waals surface area (Å²) in [5, 5.41) is 3.13. The Kier molecular flexibility index (Phi) is 7.55. The molecular formula is C33H31N7O2. The molecule has 2 aromatic carbocycles. The molecule has 1 aliphatic heterocycles. The Morgan fingerprint density at radius 1 is 0.976 bits per heavy atom. The smallest absolute Gasteiger partial charge is 0.322 e. The maximum absolute atomic E-state index is 13.6. The SMILES string of the molecule is CCc1cc(NC(=O)N2CCc3nc(-c4cccnc4)nc(-c4ccccc4C)c3C2)cc(-c2cnc(OC)nc2)c1. The lowest BCUT2D eigenvalue weighted by Gasteiger charge is -2.30. The molecule has 1 aliphatic rings. The highest BCUT2D eigenvalue weighted by Crippen LogP contribution is 2.33. The predicted octanol–water partition coefficient (Wildman–Crippen LogP) is 6.13. The molecule has 3 aromatic heterocycles. The summed E-state index contributed by atoms with van der Waals surface area (Å²) in [6.07, 6.45) is 8.41. The van der Waals surface area contributed by atoms with E-state index in [0.717, 1.165) is 62.4 Å². The molecule has 0 radical (unpaired) electrons. The molecule has 210 valence electrons. The van der Waals surface area contributed by atoms with E-state index in [4.69, 9.17) is 14.7 Å². The van der Waals surface area contributed by atoms with Crippen LogP contribution in [0.1, 0.15) is 29.3 Å². The van der Waals surface area contributed by atoms with Crippen LogP contribution in [0.3, 0.4) is 0 Å². The van der Waals surface area contributed by atoms with Gasteiger partial charge in [-0.1, -0.05) is 37.3 Å². The molecule has 0 fully saturated rings. The molecule has 6 rings (SSSR count).